The molecule has 0 spiro atoms. The predicted octanol–water partition coefficient (Wildman–Crippen LogP) is 3.46. The van der Waals surface area contributed by atoms with Crippen molar-refractivity contribution in [2.45, 2.75) is 44.7 Å². The molecule has 0 bridgehead atoms. The van der Waals surface area contributed by atoms with E-state index >= 15 is 0 Å². The summed E-state index contributed by atoms with van der Waals surface area (Å²) in [7, 11) is 1.62. The molecular formula is C22H30N4O3S2. The second kappa shape index (κ2) is 12.0. The van der Waals surface area contributed by atoms with E-state index < -0.39 is 6.04 Å². The summed E-state index contributed by atoms with van der Waals surface area (Å²) in [5.41, 5.74) is 6.84. The van der Waals surface area contributed by atoms with Crippen LogP contribution in [0, 0.1) is 5.92 Å². The first-order chi connectivity index (χ1) is 15.0. The summed E-state index contributed by atoms with van der Waals surface area (Å²) in [5.74, 6) is 2.43. The van der Waals surface area contributed by atoms with Gasteiger partial charge in [0, 0.05) is 17.7 Å². The fourth-order valence-corrected chi connectivity index (χ4v) is 5.39. The fourth-order valence-electron chi connectivity index (χ4n) is 3.57. The van der Waals surface area contributed by atoms with Crippen molar-refractivity contribution in [3.63, 3.8) is 0 Å². The largest absolute Gasteiger partial charge is 0.497 e. The molecule has 1 aliphatic carbocycles. The number of benzene rings is 1. The van der Waals surface area contributed by atoms with Crippen LogP contribution in [0.1, 0.15) is 48.2 Å². The number of nitrogens with zero attached hydrogens (tertiary/aromatic N) is 1. The molecule has 0 saturated heterocycles. The van der Waals surface area contributed by atoms with Crippen molar-refractivity contribution in [3.05, 3.63) is 40.9 Å². The summed E-state index contributed by atoms with van der Waals surface area (Å²) in [6, 6.07) is 6.88. The molecule has 3 rings (SSSR count). The number of aromatic nitrogens is 1. The molecule has 1 aromatic heterocycles. The van der Waals surface area contributed by atoms with Gasteiger partial charge < -0.3 is 21.1 Å². The Bertz CT molecular complexity index is 851. The maximum atomic E-state index is 12.9. The zero-order valence-electron chi connectivity index (χ0n) is 17.8. The number of thioether (sulfide) groups is 1. The van der Waals surface area contributed by atoms with Crippen molar-refractivity contribution >= 4 is 40.0 Å². The quantitative estimate of drug-likeness (QED) is 0.499. The highest BCUT2D eigenvalue weighted by Gasteiger charge is 2.23. The third-order valence-electron chi connectivity index (χ3n) is 5.37. The smallest absolute Gasteiger partial charge is 0.271 e. The van der Waals surface area contributed by atoms with Gasteiger partial charge in [-0.15, -0.1) is 11.3 Å². The van der Waals surface area contributed by atoms with Crippen LogP contribution in [0.4, 0.5) is 5.13 Å². The summed E-state index contributed by atoms with van der Waals surface area (Å²) < 4.78 is 5.16. The number of rotatable bonds is 10. The summed E-state index contributed by atoms with van der Waals surface area (Å²) in [4.78, 5) is 29.5. The van der Waals surface area contributed by atoms with Gasteiger partial charge in [-0.1, -0.05) is 31.4 Å². The summed E-state index contributed by atoms with van der Waals surface area (Å²) in [6.45, 7) is 0.381. The van der Waals surface area contributed by atoms with Gasteiger partial charge in [0.25, 0.3) is 5.91 Å². The van der Waals surface area contributed by atoms with Gasteiger partial charge >= 0.3 is 0 Å². The Morgan fingerprint density at radius 3 is 2.65 bits per heavy atom. The Kier molecular flexibility index (Phi) is 9.02. The van der Waals surface area contributed by atoms with Crippen molar-refractivity contribution in [1.29, 1.82) is 0 Å². The molecule has 0 radical (unpaired) electrons. The number of ether oxygens (including phenoxy) is 1. The van der Waals surface area contributed by atoms with E-state index in [1.54, 1.807) is 24.3 Å². The predicted molar refractivity (Wildman–Crippen MR) is 127 cm³/mol. The minimum Gasteiger partial charge on any atom is -0.497 e. The maximum absolute atomic E-state index is 12.9. The Morgan fingerprint density at radius 2 is 2.00 bits per heavy atom. The first-order valence-corrected chi connectivity index (χ1v) is 12.6. The Morgan fingerprint density at radius 1 is 1.26 bits per heavy atom. The van der Waals surface area contributed by atoms with Gasteiger partial charge in [-0.2, -0.15) is 11.8 Å². The van der Waals surface area contributed by atoms with Crippen LogP contribution in [0.25, 0.3) is 0 Å². The molecule has 2 aromatic rings. The van der Waals surface area contributed by atoms with Crippen LogP contribution >= 0.6 is 23.1 Å². The van der Waals surface area contributed by atoms with Crippen LogP contribution in [-0.4, -0.2) is 41.5 Å². The fraction of sp³-hybridized carbons (Fsp3) is 0.500. The lowest BCUT2D eigenvalue weighted by molar-refractivity contribution is -0.122. The lowest BCUT2D eigenvalue weighted by Gasteiger charge is -2.23. The Hall–Kier alpha value is -2.26. The number of hydrogen-bond acceptors (Lipinski definition) is 7. The van der Waals surface area contributed by atoms with E-state index in [-0.39, 0.29) is 17.5 Å². The minimum absolute atomic E-state index is 0.205. The van der Waals surface area contributed by atoms with Crippen molar-refractivity contribution in [1.82, 2.24) is 15.6 Å². The van der Waals surface area contributed by atoms with E-state index in [0.29, 0.717) is 23.3 Å². The zero-order valence-corrected chi connectivity index (χ0v) is 19.4. The van der Waals surface area contributed by atoms with Crippen LogP contribution in [-0.2, 0) is 11.3 Å². The molecule has 2 amide bonds. The second-order valence-electron chi connectivity index (χ2n) is 7.70. The summed E-state index contributed by atoms with van der Waals surface area (Å²) >= 11 is 2.94. The molecule has 31 heavy (non-hydrogen) atoms. The first kappa shape index (κ1) is 23.4. The molecule has 9 heteroatoms. The van der Waals surface area contributed by atoms with Crippen LogP contribution in [0.2, 0.25) is 0 Å². The number of hydrogen-bond donors (Lipinski definition) is 3. The number of nitrogens with two attached hydrogens (primary N) is 1. The molecule has 1 heterocycles. The third-order valence-corrected chi connectivity index (χ3v) is 7.32. The molecule has 1 aromatic carbocycles. The lowest BCUT2D eigenvalue weighted by atomic mass is 9.91. The van der Waals surface area contributed by atoms with Crippen molar-refractivity contribution in [2.24, 2.45) is 5.92 Å². The highest BCUT2D eigenvalue weighted by molar-refractivity contribution is 7.99. The van der Waals surface area contributed by atoms with Crippen LogP contribution in [0.3, 0.4) is 0 Å². The number of carbonyl (C=O) groups excluding carboxylic acids is 2. The number of carbonyl (C=O) groups is 2. The zero-order chi connectivity index (χ0) is 22.1. The average Bonchev–Trinajstić information content (AvgIpc) is 3.24. The molecule has 0 aliphatic heterocycles. The second-order valence-corrected chi connectivity index (χ2v) is 9.67. The van der Waals surface area contributed by atoms with Gasteiger partial charge in [0.05, 0.1) is 7.11 Å². The number of thiazole rings is 1. The van der Waals surface area contributed by atoms with E-state index in [0.717, 1.165) is 17.1 Å². The molecular weight excluding hydrogens is 432 g/mol. The van der Waals surface area contributed by atoms with Gasteiger partial charge in [-0.25, -0.2) is 4.98 Å². The Labute approximate surface area is 191 Å². The van der Waals surface area contributed by atoms with Crippen molar-refractivity contribution < 1.29 is 14.3 Å². The molecule has 0 unspecified atom stereocenters. The maximum Gasteiger partial charge on any atom is 0.271 e. The van der Waals surface area contributed by atoms with Crippen LogP contribution in [0.5, 0.6) is 5.75 Å². The standard InChI is InChI=1S/C22H30N4O3S2/c1-29-17-9-7-15(8-10-17)11-24-20(27)18(13-30-12-16-5-3-2-4-6-16)25-21(28)19-14-31-22(23)26-19/h7-10,14,16,18H,2-6,11-13H2,1H3,(H2,23,26)(H,24,27)(H,25,28)/t18-/m0/s1. The minimum atomic E-state index is -0.637. The summed E-state index contributed by atoms with van der Waals surface area (Å²) in [6.07, 6.45) is 6.42. The van der Waals surface area contributed by atoms with Crippen LogP contribution < -0.4 is 21.1 Å². The third kappa shape index (κ3) is 7.43. The molecule has 168 valence electrons. The molecule has 1 saturated carbocycles. The molecule has 7 nitrogen and oxygen atoms in total. The highest BCUT2D eigenvalue weighted by atomic mass is 32.2. The molecule has 4 N–H and O–H groups in total. The number of nitrogen functional groups attached to an aromatic ring is 1. The molecule has 1 aliphatic rings. The highest BCUT2D eigenvalue weighted by Crippen LogP contribution is 2.27. The van der Waals surface area contributed by atoms with Crippen molar-refractivity contribution in [2.75, 3.05) is 24.3 Å². The topological polar surface area (TPSA) is 106 Å². The molecule has 1 fully saturated rings. The number of nitrogens with one attached hydrogen (secondary N) is 2. The Balaban J connectivity index is 1.56. The van der Waals surface area contributed by atoms with E-state index in [4.69, 9.17) is 10.5 Å². The van der Waals surface area contributed by atoms with Gasteiger partial charge in [-0.05, 0) is 42.2 Å². The lowest BCUT2D eigenvalue weighted by Crippen LogP contribution is -2.48. The normalized spacial score (nSPS) is 15.3. The van der Waals surface area contributed by atoms with E-state index in [2.05, 4.69) is 15.6 Å². The van der Waals surface area contributed by atoms with Gasteiger partial charge in [-0.3, -0.25) is 9.59 Å². The first-order valence-electron chi connectivity index (χ1n) is 10.6. The molecule has 1 atom stereocenters. The van der Waals surface area contributed by atoms with Gasteiger partial charge in [0.2, 0.25) is 5.91 Å². The van der Waals surface area contributed by atoms with E-state index in [1.807, 2.05) is 24.3 Å². The monoisotopic (exact) mass is 462 g/mol. The van der Waals surface area contributed by atoms with Crippen molar-refractivity contribution in [3.8, 4) is 5.75 Å². The van der Waals surface area contributed by atoms with E-state index in [1.165, 1.54) is 43.4 Å². The van der Waals surface area contributed by atoms with Gasteiger partial charge in [0.1, 0.15) is 17.5 Å². The summed E-state index contributed by atoms with van der Waals surface area (Å²) in [5, 5.41) is 7.71. The number of methoxy groups -OCH3 is 1. The van der Waals surface area contributed by atoms with Crippen LogP contribution in [0.15, 0.2) is 29.6 Å². The average molecular weight is 463 g/mol. The number of amides is 2. The SMILES string of the molecule is COc1ccc(CNC(=O)[C@H](CSCC2CCCCC2)NC(=O)c2csc(N)n2)cc1. The number of anilines is 1. The van der Waals surface area contributed by atoms with E-state index in [9.17, 15) is 9.59 Å². The van der Waals surface area contributed by atoms with Gasteiger partial charge in [0.15, 0.2) is 5.13 Å².